The molecule has 1 fully saturated rings. The fourth-order valence-corrected chi connectivity index (χ4v) is 4.31. The minimum absolute atomic E-state index is 0.113. The number of rotatable bonds is 4. The number of benzene rings is 2. The summed E-state index contributed by atoms with van der Waals surface area (Å²) in [7, 11) is 0. The van der Waals surface area contributed by atoms with Gasteiger partial charge in [0.05, 0.1) is 5.69 Å². The topological polar surface area (TPSA) is 62.3 Å². The monoisotopic (exact) mass is 409 g/mol. The van der Waals surface area contributed by atoms with Crippen LogP contribution in [-0.2, 0) is 4.79 Å². The molecule has 1 N–H and O–H groups in total. The molecule has 2 aromatic carbocycles. The second-order valence-electron chi connectivity index (χ2n) is 6.95. The maximum Gasteiger partial charge on any atom is 0.267 e. The van der Waals surface area contributed by atoms with Crippen molar-refractivity contribution in [1.29, 1.82) is 0 Å². The Kier molecular flexibility index (Phi) is 5.40. The highest BCUT2D eigenvalue weighted by molar-refractivity contribution is 7.17. The van der Waals surface area contributed by atoms with Gasteiger partial charge < -0.3 is 10.2 Å². The Bertz CT molecular complexity index is 1060. The molecule has 0 unspecified atom stereocenters. The Morgan fingerprint density at radius 3 is 2.72 bits per heavy atom. The number of carbonyl (C=O) groups excluding carboxylic acids is 2. The predicted octanol–water partition coefficient (Wildman–Crippen LogP) is 5.03. The smallest absolute Gasteiger partial charge is 0.267 e. The number of piperidine rings is 1. The number of nitrogens with zero attached hydrogens (tertiary/aromatic N) is 2. The number of amides is 2. The fourth-order valence-electron chi connectivity index (χ4n) is 3.34. The van der Waals surface area contributed by atoms with E-state index in [2.05, 4.69) is 10.3 Å². The average Bonchev–Trinajstić information content (AvgIpc) is 3.11. The number of anilines is 2. The molecule has 0 radical (unpaired) electrons. The first-order chi connectivity index (χ1) is 14.0. The number of hydrogen-bond donors (Lipinski definition) is 1. The van der Waals surface area contributed by atoms with Crippen LogP contribution in [0.15, 0.2) is 48.5 Å². The van der Waals surface area contributed by atoms with Crippen LogP contribution in [0.25, 0.3) is 10.6 Å². The molecule has 1 aliphatic heterocycles. The third-order valence-electron chi connectivity index (χ3n) is 4.83. The van der Waals surface area contributed by atoms with Crippen molar-refractivity contribution in [3.05, 3.63) is 64.9 Å². The first-order valence-corrected chi connectivity index (χ1v) is 10.3. The molecule has 3 aromatic rings. The lowest BCUT2D eigenvalue weighted by molar-refractivity contribution is -0.119. The molecule has 4 rings (SSSR count). The zero-order chi connectivity index (χ0) is 20.4. The van der Waals surface area contributed by atoms with E-state index >= 15 is 0 Å². The van der Waals surface area contributed by atoms with E-state index in [1.54, 1.807) is 30.0 Å². The molecule has 0 saturated carbocycles. The number of aromatic nitrogens is 1. The SMILES string of the molecule is Cc1nc(-c2ccc(F)cc2)sc1C(=O)Nc1cccc(N2CCCCC2=O)c1. The highest BCUT2D eigenvalue weighted by Crippen LogP contribution is 2.29. The normalized spacial score (nSPS) is 14.1. The Hall–Kier alpha value is -3.06. The molecule has 0 aliphatic carbocycles. The van der Waals surface area contributed by atoms with Gasteiger partial charge >= 0.3 is 0 Å². The number of hydrogen-bond acceptors (Lipinski definition) is 4. The maximum absolute atomic E-state index is 13.1. The van der Waals surface area contributed by atoms with E-state index in [1.807, 2.05) is 18.2 Å². The van der Waals surface area contributed by atoms with Gasteiger partial charge in [0.15, 0.2) is 0 Å². The molecule has 0 atom stereocenters. The first kappa shape index (κ1) is 19.3. The van der Waals surface area contributed by atoms with Crippen molar-refractivity contribution >= 4 is 34.5 Å². The number of halogens is 1. The molecule has 1 aromatic heterocycles. The van der Waals surface area contributed by atoms with Crippen LogP contribution in [0.1, 0.15) is 34.6 Å². The van der Waals surface area contributed by atoms with Gasteiger partial charge in [-0.25, -0.2) is 9.37 Å². The Labute approximate surface area is 172 Å². The summed E-state index contributed by atoms with van der Waals surface area (Å²) in [4.78, 5) is 31.7. The van der Waals surface area contributed by atoms with Crippen molar-refractivity contribution in [1.82, 2.24) is 4.98 Å². The number of aryl methyl sites for hydroxylation is 1. The van der Waals surface area contributed by atoms with Gasteiger partial charge in [-0.05, 0) is 62.2 Å². The van der Waals surface area contributed by atoms with E-state index in [-0.39, 0.29) is 17.6 Å². The molecular weight excluding hydrogens is 389 g/mol. The van der Waals surface area contributed by atoms with Crippen molar-refractivity contribution in [2.75, 3.05) is 16.8 Å². The largest absolute Gasteiger partial charge is 0.321 e. The predicted molar refractivity (Wildman–Crippen MR) is 113 cm³/mol. The Morgan fingerprint density at radius 2 is 1.97 bits per heavy atom. The van der Waals surface area contributed by atoms with Crippen LogP contribution in [-0.4, -0.2) is 23.3 Å². The van der Waals surface area contributed by atoms with Crippen LogP contribution >= 0.6 is 11.3 Å². The third-order valence-corrected chi connectivity index (χ3v) is 6.04. The summed E-state index contributed by atoms with van der Waals surface area (Å²) in [6.45, 7) is 2.48. The lowest BCUT2D eigenvalue weighted by Gasteiger charge is -2.27. The van der Waals surface area contributed by atoms with Crippen LogP contribution in [0.2, 0.25) is 0 Å². The maximum atomic E-state index is 13.1. The number of nitrogens with one attached hydrogen (secondary N) is 1. The van der Waals surface area contributed by atoms with Gasteiger partial charge in [-0.2, -0.15) is 0 Å². The van der Waals surface area contributed by atoms with E-state index in [0.29, 0.717) is 34.2 Å². The molecule has 0 bridgehead atoms. The summed E-state index contributed by atoms with van der Waals surface area (Å²) in [5.41, 5.74) is 2.81. The first-order valence-electron chi connectivity index (χ1n) is 9.46. The second-order valence-corrected chi connectivity index (χ2v) is 7.95. The summed E-state index contributed by atoms with van der Waals surface area (Å²) in [6, 6.07) is 13.4. The van der Waals surface area contributed by atoms with Gasteiger partial charge in [-0.15, -0.1) is 11.3 Å². The Balaban J connectivity index is 1.53. The molecule has 1 saturated heterocycles. The zero-order valence-electron chi connectivity index (χ0n) is 15.9. The van der Waals surface area contributed by atoms with Gasteiger partial charge in [-0.3, -0.25) is 9.59 Å². The van der Waals surface area contributed by atoms with Crippen LogP contribution < -0.4 is 10.2 Å². The molecule has 29 heavy (non-hydrogen) atoms. The van der Waals surface area contributed by atoms with E-state index in [0.717, 1.165) is 24.1 Å². The molecule has 7 heteroatoms. The minimum Gasteiger partial charge on any atom is -0.321 e. The van der Waals surface area contributed by atoms with Crippen molar-refractivity contribution < 1.29 is 14.0 Å². The standard InChI is InChI=1S/C22H20FN3O2S/c1-14-20(29-22(24-14)15-8-10-16(23)11-9-15)21(28)25-17-5-4-6-18(13-17)26-12-3-2-7-19(26)27/h4-6,8-11,13H,2-3,7,12H2,1H3,(H,25,28). The zero-order valence-corrected chi connectivity index (χ0v) is 16.8. The molecule has 148 valence electrons. The third kappa shape index (κ3) is 4.19. The van der Waals surface area contributed by atoms with Gasteiger partial charge in [-0.1, -0.05) is 6.07 Å². The quantitative estimate of drug-likeness (QED) is 0.658. The summed E-state index contributed by atoms with van der Waals surface area (Å²) in [5.74, 6) is -0.454. The van der Waals surface area contributed by atoms with E-state index in [9.17, 15) is 14.0 Å². The minimum atomic E-state index is -0.313. The van der Waals surface area contributed by atoms with Gasteiger partial charge in [0.2, 0.25) is 5.91 Å². The van der Waals surface area contributed by atoms with Crippen molar-refractivity contribution in [2.45, 2.75) is 26.2 Å². The second kappa shape index (κ2) is 8.13. The van der Waals surface area contributed by atoms with Crippen LogP contribution in [0.3, 0.4) is 0 Å². The summed E-state index contributed by atoms with van der Waals surface area (Å²) >= 11 is 1.27. The molecular formula is C22H20FN3O2S. The van der Waals surface area contributed by atoms with E-state index < -0.39 is 0 Å². The molecule has 2 heterocycles. The molecule has 1 aliphatic rings. The number of thiazole rings is 1. The van der Waals surface area contributed by atoms with E-state index in [1.165, 1.54) is 23.5 Å². The molecule has 0 spiro atoms. The highest BCUT2D eigenvalue weighted by atomic mass is 32.1. The average molecular weight is 409 g/mol. The van der Waals surface area contributed by atoms with Crippen molar-refractivity contribution in [3.63, 3.8) is 0 Å². The Morgan fingerprint density at radius 1 is 1.17 bits per heavy atom. The van der Waals surface area contributed by atoms with Crippen LogP contribution in [0.4, 0.5) is 15.8 Å². The van der Waals surface area contributed by atoms with Crippen molar-refractivity contribution in [2.24, 2.45) is 0 Å². The summed E-state index contributed by atoms with van der Waals surface area (Å²) in [5, 5.41) is 3.57. The van der Waals surface area contributed by atoms with E-state index in [4.69, 9.17) is 0 Å². The lowest BCUT2D eigenvalue weighted by Crippen LogP contribution is -2.35. The highest BCUT2D eigenvalue weighted by Gasteiger charge is 2.21. The lowest BCUT2D eigenvalue weighted by atomic mass is 10.1. The summed E-state index contributed by atoms with van der Waals surface area (Å²) in [6.07, 6.45) is 2.46. The number of carbonyl (C=O) groups is 2. The summed E-state index contributed by atoms with van der Waals surface area (Å²) < 4.78 is 13.1. The van der Waals surface area contributed by atoms with Crippen LogP contribution in [0, 0.1) is 12.7 Å². The fraction of sp³-hybridized carbons (Fsp3) is 0.227. The van der Waals surface area contributed by atoms with Crippen LogP contribution in [0.5, 0.6) is 0 Å². The van der Waals surface area contributed by atoms with Gasteiger partial charge in [0.1, 0.15) is 15.7 Å². The van der Waals surface area contributed by atoms with Gasteiger partial charge in [0, 0.05) is 29.9 Å². The molecule has 2 amide bonds. The van der Waals surface area contributed by atoms with Gasteiger partial charge in [0.25, 0.3) is 5.91 Å². The van der Waals surface area contributed by atoms with Crippen molar-refractivity contribution in [3.8, 4) is 10.6 Å². The molecule has 5 nitrogen and oxygen atoms in total.